The third-order valence-electron chi connectivity index (χ3n) is 6.60. The Hall–Kier alpha value is -1.59. The summed E-state index contributed by atoms with van der Waals surface area (Å²) in [7, 11) is 5.57. The SMILES string of the molecule is CN(C)C(=O)N(C)CCC1(c2ccccc2)CCN(C2CCNCC2)CC1. The lowest BCUT2D eigenvalue weighted by molar-refractivity contribution is 0.0883. The van der Waals surface area contributed by atoms with Gasteiger partial charge in [-0.15, -0.1) is 0 Å². The summed E-state index contributed by atoms with van der Waals surface area (Å²) in [6.45, 7) is 5.46. The van der Waals surface area contributed by atoms with Crippen molar-refractivity contribution in [1.82, 2.24) is 20.0 Å². The van der Waals surface area contributed by atoms with E-state index in [1.807, 2.05) is 26.0 Å². The summed E-state index contributed by atoms with van der Waals surface area (Å²) in [5, 5.41) is 3.48. The second kappa shape index (κ2) is 9.07. The van der Waals surface area contributed by atoms with Gasteiger partial charge in [0.15, 0.2) is 0 Å². The Labute approximate surface area is 164 Å². The Morgan fingerprint density at radius 3 is 2.33 bits per heavy atom. The van der Waals surface area contributed by atoms with Crippen molar-refractivity contribution in [1.29, 1.82) is 0 Å². The van der Waals surface area contributed by atoms with Gasteiger partial charge in [0, 0.05) is 33.7 Å². The number of rotatable bonds is 5. The number of piperidine rings is 2. The Kier molecular flexibility index (Phi) is 6.77. The van der Waals surface area contributed by atoms with Crippen LogP contribution in [0.25, 0.3) is 0 Å². The first-order valence-electron chi connectivity index (χ1n) is 10.4. The summed E-state index contributed by atoms with van der Waals surface area (Å²) in [4.78, 5) is 18.5. The molecule has 0 spiro atoms. The third-order valence-corrected chi connectivity index (χ3v) is 6.60. The normalized spacial score (nSPS) is 21.0. The largest absolute Gasteiger partial charge is 0.331 e. The zero-order chi connectivity index (χ0) is 19.3. The van der Waals surface area contributed by atoms with Gasteiger partial charge in [0.2, 0.25) is 0 Å². The molecule has 0 atom stereocenters. The molecule has 1 N–H and O–H groups in total. The lowest BCUT2D eigenvalue weighted by Crippen LogP contribution is -2.50. The number of carbonyl (C=O) groups is 1. The minimum atomic E-state index is 0.0883. The van der Waals surface area contributed by atoms with E-state index in [0.29, 0.717) is 0 Å². The van der Waals surface area contributed by atoms with Crippen LogP contribution in [0.3, 0.4) is 0 Å². The second-order valence-corrected chi connectivity index (χ2v) is 8.51. The van der Waals surface area contributed by atoms with Gasteiger partial charge in [0.1, 0.15) is 0 Å². The maximum absolute atomic E-state index is 12.3. The Morgan fingerprint density at radius 2 is 1.74 bits per heavy atom. The van der Waals surface area contributed by atoms with Crippen LogP contribution in [0.15, 0.2) is 30.3 Å². The first-order chi connectivity index (χ1) is 13.0. The van der Waals surface area contributed by atoms with E-state index in [0.717, 1.165) is 32.1 Å². The molecule has 0 radical (unpaired) electrons. The maximum Gasteiger partial charge on any atom is 0.319 e. The molecule has 3 rings (SSSR count). The predicted molar refractivity (Wildman–Crippen MR) is 111 cm³/mol. The van der Waals surface area contributed by atoms with Crippen LogP contribution in [0.1, 0.15) is 37.7 Å². The fraction of sp³-hybridized carbons (Fsp3) is 0.682. The summed E-state index contributed by atoms with van der Waals surface area (Å²) < 4.78 is 0. The van der Waals surface area contributed by atoms with Gasteiger partial charge in [-0.3, -0.25) is 0 Å². The average molecular weight is 373 g/mol. The Balaban J connectivity index is 1.68. The molecule has 150 valence electrons. The molecule has 1 aromatic rings. The molecule has 5 heteroatoms. The molecule has 0 aliphatic carbocycles. The minimum absolute atomic E-state index is 0.0883. The van der Waals surface area contributed by atoms with Crippen molar-refractivity contribution in [2.75, 3.05) is 53.9 Å². The molecule has 2 aliphatic rings. The molecule has 5 nitrogen and oxygen atoms in total. The second-order valence-electron chi connectivity index (χ2n) is 8.51. The van der Waals surface area contributed by atoms with Crippen LogP contribution in [0.5, 0.6) is 0 Å². The van der Waals surface area contributed by atoms with Gasteiger partial charge in [-0.1, -0.05) is 30.3 Å². The molecular formula is C22H36N4O. The highest BCUT2D eigenvalue weighted by Gasteiger charge is 2.38. The highest BCUT2D eigenvalue weighted by Crippen LogP contribution is 2.39. The first-order valence-corrected chi connectivity index (χ1v) is 10.4. The lowest BCUT2D eigenvalue weighted by Gasteiger charge is -2.46. The number of benzene rings is 1. The highest BCUT2D eigenvalue weighted by atomic mass is 16.2. The van der Waals surface area contributed by atoms with E-state index in [2.05, 4.69) is 40.5 Å². The minimum Gasteiger partial charge on any atom is -0.331 e. The summed E-state index contributed by atoms with van der Waals surface area (Å²) >= 11 is 0. The molecule has 0 unspecified atom stereocenters. The Bertz CT molecular complexity index is 590. The van der Waals surface area contributed by atoms with Crippen LogP contribution in [-0.4, -0.2) is 80.6 Å². The quantitative estimate of drug-likeness (QED) is 0.864. The topological polar surface area (TPSA) is 38.8 Å². The molecule has 2 saturated heterocycles. The smallest absolute Gasteiger partial charge is 0.319 e. The molecule has 0 saturated carbocycles. The van der Waals surface area contributed by atoms with Gasteiger partial charge >= 0.3 is 6.03 Å². The fourth-order valence-corrected chi connectivity index (χ4v) is 4.78. The molecule has 0 aromatic heterocycles. The van der Waals surface area contributed by atoms with E-state index in [1.165, 1.54) is 44.3 Å². The number of nitrogens with zero attached hydrogens (tertiary/aromatic N) is 3. The van der Waals surface area contributed by atoms with Gasteiger partial charge in [-0.05, 0) is 69.3 Å². The fourth-order valence-electron chi connectivity index (χ4n) is 4.78. The number of carbonyl (C=O) groups excluding carboxylic acids is 1. The van der Waals surface area contributed by atoms with Crippen LogP contribution in [0.2, 0.25) is 0 Å². The van der Waals surface area contributed by atoms with Gasteiger partial charge in [0.25, 0.3) is 0 Å². The van der Waals surface area contributed by atoms with Crippen LogP contribution in [-0.2, 0) is 5.41 Å². The van der Waals surface area contributed by atoms with Crippen LogP contribution < -0.4 is 5.32 Å². The van der Waals surface area contributed by atoms with Gasteiger partial charge < -0.3 is 20.0 Å². The molecule has 27 heavy (non-hydrogen) atoms. The van der Waals surface area contributed by atoms with E-state index >= 15 is 0 Å². The molecule has 2 aliphatic heterocycles. The Morgan fingerprint density at radius 1 is 1.11 bits per heavy atom. The number of nitrogens with one attached hydrogen (secondary N) is 1. The number of amides is 2. The first kappa shape index (κ1) is 20.2. The number of likely N-dealkylation sites (tertiary alicyclic amines) is 1. The zero-order valence-electron chi connectivity index (χ0n) is 17.3. The summed E-state index contributed by atoms with van der Waals surface area (Å²) in [5.41, 5.74) is 1.63. The highest BCUT2D eigenvalue weighted by molar-refractivity contribution is 5.73. The van der Waals surface area contributed by atoms with Crippen molar-refractivity contribution in [3.8, 4) is 0 Å². The van der Waals surface area contributed by atoms with Crippen LogP contribution in [0, 0.1) is 0 Å². The van der Waals surface area contributed by atoms with Gasteiger partial charge in [0.05, 0.1) is 0 Å². The summed E-state index contributed by atoms with van der Waals surface area (Å²) in [6, 6.07) is 11.8. The molecule has 2 heterocycles. The number of hydrogen-bond donors (Lipinski definition) is 1. The maximum atomic E-state index is 12.3. The molecule has 2 amide bonds. The van der Waals surface area contributed by atoms with Crippen molar-refractivity contribution < 1.29 is 4.79 Å². The summed E-state index contributed by atoms with van der Waals surface area (Å²) in [6.07, 6.45) is 5.96. The van der Waals surface area contributed by atoms with E-state index < -0.39 is 0 Å². The molecule has 0 bridgehead atoms. The van der Waals surface area contributed by atoms with Gasteiger partial charge in [-0.2, -0.15) is 0 Å². The lowest BCUT2D eigenvalue weighted by atomic mass is 9.70. The van der Waals surface area contributed by atoms with Crippen LogP contribution >= 0.6 is 0 Å². The van der Waals surface area contributed by atoms with E-state index in [4.69, 9.17) is 0 Å². The van der Waals surface area contributed by atoms with E-state index in [-0.39, 0.29) is 11.4 Å². The standard InChI is InChI=1S/C22H36N4O/c1-24(2)21(27)25(3)16-11-22(19-7-5-4-6-8-19)12-17-26(18-13-22)20-9-14-23-15-10-20/h4-8,20,23H,9-18H2,1-3H3. The van der Waals surface area contributed by atoms with Crippen molar-refractivity contribution in [2.45, 2.75) is 43.6 Å². The average Bonchev–Trinajstić information content (AvgIpc) is 2.73. The summed E-state index contributed by atoms with van der Waals surface area (Å²) in [5.74, 6) is 0. The number of hydrogen-bond acceptors (Lipinski definition) is 3. The van der Waals surface area contributed by atoms with Crippen molar-refractivity contribution in [2.24, 2.45) is 0 Å². The third kappa shape index (κ3) is 4.82. The predicted octanol–water partition coefficient (Wildman–Crippen LogP) is 2.78. The van der Waals surface area contributed by atoms with Crippen LogP contribution in [0.4, 0.5) is 4.79 Å². The number of urea groups is 1. The molecule has 2 fully saturated rings. The van der Waals surface area contributed by atoms with Gasteiger partial charge in [-0.25, -0.2) is 4.79 Å². The monoisotopic (exact) mass is 372 g/mol. The van der Waals surface area contributed by atoms with E-state index in [9.17, 15) is 4.79 Å². The zero-order valence-corrected chi connectivity index (χ0v) is 17.3. The molecular weight excluding hydrogens is 336 g/mol. The van der Waals surface area contributed by atoms with Crippen molar-refractivity contribution in [3.05, 3.63) is 35.9 Å². The van der Waals surface area contributed by atoms with Crippen molar-refractivity contribution in [3.63, 3.8) is 0 Å². The molecule has 1 aromatic carbocycles. The van der Waals surface area contributed by atoms with Crippen molar-refractivity contribution >= 4 is 6.03 Å². The van der Waals surface area contributed by atoms with E-state index in [1.54, 1.807) is 4.90 Å².